The zero-order chi connectivity index (χ0) is 17.6. The molecular formula is C18H28N2O3. The number of para-hydroxylation sites is 1. The van der Waals surface area contributed by atoms with Gasteiger partial charge >= 0.3 is 0 Å². The molecule has 0 aliphatic heterocycles. The lowest BCUT2D eigenvalue weighted by Gasteiger charge is -2.25. The highest BCUT2D eigenvalue weighted by atomic mass is 16.5. The molecule has 0 aromatic heterocycles. The van der Waals surface area contributed by atoms with E-state index in [-0.39, 0.29) is 30.5 Å². The number of ether oxygens (including phenoxy) is 1. The Hall–Kier alpha value is -2.04. The third-order valence-electron chi connectivity index (χ3n) is 3.33. The molecule has 1 aromatic rings. The maximum atomic E-state index is 12.3. The van der Waals surface area contributed by atoms with E-state index >= 15 is 0 Å². The largest absolute Gasteiger partial charge is 0.483 e. The molecular weight excluding hydrogens is 292 g/mol. The van der Waals surface area contributed by atoms with Crippen LogP contribution in [0.15, 0.2) is 18.2 Å². The number of nitrogens with zero attached hydrogens (tertiary/aromatic N) is 1. The number of nitrogens with one attached hydrogen (secondary N) is 1. The molecule has 0 unspecified atom stereocenters. The van der Waals surface area contributed by atoms with Crippen LogP contribution in [-0.2, 0) is 9.59 Å². The third-order valence-corrected chi connectivity index (χ3v) is 3.33. The van der Waals surface area contributed by atoms with Gasteiger partial charge in [0.15, 0.2) is 6.61 Å². The number of amides is 2. The molecule has 0 saturated heterocycles. The standard InChI is InChI=1S/C18H28N2O3/c1-7-20(11-15(21)19-18(4,5)6)16(22)12-23-17-13(2)9-8-10-14(17)3/h8-10H,7,11-12H2,1-6H3,(H,19,21). The van der Waals surface area contributed by atoms with Gasteiger partial charge in [-0.3, -0.25) is 9.59 Å². The summed E-state index contributed by atoms with van der Waals surface area (Å²) >= 11 is 0. The van der Waals surface area contributed by atoms with E-state index in [1.54, 1.807) is 0 Å². The summed E-state index contributed by atoms with van der Waals surface area (Å²) in [6, 6.07) is 5.84. The van der Waals surface area contributed by atoms with Gasteiger partial charge in [-0.1, -0.05) is 18.2 Å². The second kappa shape index (κ2) is 7.99. The van der Waals surface area contributed by atoms with E-state index in [1.165, 1.54) is 4.90 Å². The second-order valence-corrected chi connectivity index (χ2v) is 6.72. The Bertz CT molecular complexity index is 542. The van der Waals surface area contributed by atoms with Crippen LogP contribution in [0.1, 0.15) is 38.8 Å². The van der Waals surface area contributed by atoms with Gasteiger partial charge in [0.2, 0.25) is 5.91 Å². The van der Waals surface area contributed by atoms with Crippen molar-refractivity contribution in [2.24, 2.45) is 0 Å². The molecule has 2 amide bonds. The van der Waals surface area contributed by atoms with Gasteiger partial charge in [-0.25, -0.2) is 0 Å². The summed E-state index contributed by atoms with van der Waals surface area (Å²) < 4.78 is 5.67. The average molecular weight is 320 g/mol. The smallest absolute Gasteiger partial charge is 0.260 e. The van der Waals surface area contributed by atoms with Crippen LogP contribution in [-0.4, -0.2) is 41.9 Å². The third kappa shape index (κ3) is 6.30. The zero-order valence-electron chi connectivity index (χ0n) is 15.0. The molecule has 5 heteroatoms. The van der Waals surface area contributed by atoms with Crippen molar-refractivity contribution in [3.8, 4) is 5.75 Å². The number of carbonyl (C=O) groups excluding carboxylic acids is 2. The highest BCUT2D eigenvalue weighted by molar-refractivity contribution is 5.85. The van der Waals surface area contributed by atoms with E-state index in [4.69, 9.17) is 4.74 Å². The fraction of sp³-hybridized carbons (Fsp3) is 0.556. The van der Waals surface area contributed by atoms with Crippen LogP contribution in [0.25, 0.3) is 0 Å². The Balaban J connectivity index is 2.62. The van der Waals surface area contributed by atoms with Gasteiger partial charge in [0, 0.05) is 12.1 Å². The normalized spacial score (nSPS) is 11.0. The maximum absolute atomic E-state index is 12.3. The SMILES string of the molecule is CCN(CC(=O)NC(C)(C)C)C(=O)COc1c(C)cccc1C. The lowest BCUT2D eigenvalue weighted by Crippen LogP contribution is -2.48. The Morgan fingerprint density at radius 1 is 1.17 bits per heavy atom. The first-order valence-electron chi connectivity index (χ1n) is 7.92. The van der Waals surface area contributed by atoms with Crippen molar-refractivity contribution in [1.82, 2.24) is 10.2 Å². The van der Waals surface area contributed by atoms with Crippen molar-refractivity contribution in [1.29, 1.82) is 0 Å². The molecule has 0 aliphatic rings. The number of carbonyl (C=O) groups is 2. The second-order valence-electron chi connectivity index (χ2n) is 6.72. The summed E-state index contributed by atoms with van der Waals surface area (Å²) in [7, 11) is 0. The zero-order valence-corrected chi connectivity index (χ0v) is 15.0. The van der Waals surface area contributed by atoms with E-state index in [2.05, 4.69) is 5.32 Å². The van der Waals surface area contributed by atoms with Crippen molar-refractivity contribution in [3.05, 3.63) is 29.3 Å². The molecule has 0 heterocycles. The lowest BCUT2D eigenvalue weighted by molar-refractivity contribution is -0.137. The summed E-state index contributed by atoms with van der Waals surface area (Å²) in [5.41, 5.74) is 1.67. The predicted octanol–water partition coefficient (Wildman–Crippen LogP) is 2.45. The van der Waals surface area contributed by atoms with Crippen LogP contribution in [0.3, 0.4) is 0 Å². The molecule has 1 rings (SSSR count). The van der Waals surface area contributed by atoms with Gasteiger partial charge in [0.05, 0.1) is 6.54 Å². The van der Waals surface area contributed by atoms with Crippen molar-refractivity contribution < 1.29 is 14.3 Å². The number of hydrogen-bond acceptors (Lipinski definition) is 3. The molecule has 0 radical (unpaired) electrons. The minimum Gasteiger partial charge on any atom is -0.483 e. The van der Waals surface area contributed by atoms with Crippen LogP contribution >= 0.6 is 0 Å². The van der Waals surface area contributed by atoms with Crippen LogP contribution < -0.4 is 10.1 Å². The quantitative estimate of drug-likeness (QED) is 0.876. The van der Waals surface area contributed by atoms with Crippen LogP contribution in [0.5, 0.6) is 5.75 Å². The first kappa shape index (κ1) is 19.0. The minimum absolute atomic E-state index is 0.0444. The first-order chi connectivity index (χ1) is 10.6. The van der Waals surface area contributed by atoms with Gasteiger partial charge in [0.25, 0.3) is 5.91 Å². The van der Waals surface area contributed by atoms with E-state index in [9.17, 15) is 9.59 Å². The molecule has 0 fully saturated rings. The molecule has 0 atom stereocenters. The Labute approximate surface area is 139 Å². The number of aryl methyl sites for hydroxylation is 2. The van der Waals surface area contributed by atoms with Crippen molar-refractivity contribution in [3.63, 3.8) is 0 Å². The lowest BCUT2D eigenvalue weighted by atomic mass is 10.1. The molecule has 23 heavy (non-hydrogen) atoms. The van der Waals surface area contributed by atoms with E-state index in [0.717, 1.165) is 16.9 Å². The molecule has 1 N–H and O–H groups in total. The summed E-state index contributed by atoms with van der Waals surface area (Å²) in [6.07, 6.45) is 0. The van der Waals surface area contributed by atoms with Gasteiger partial charge in [-0.2, -0.15) is 0 Å². The number of likely N-dealkylation sites (N-methyl/N-ethyl adjacent to an activating group) is 1. The molecule has 0 saturated carbocycles. The van der Waals surface area contributed by atoms with Crippen molar-refractivity contribution in [2.45, 2.75) is 47.1 Å². The molecule has 0 bridgehead atoms. The molecule has 128 valence electrons. The maximum Gasteiger partial charge on any atom is 0.260 e. The van der Waals surface area contributed by atoms with E-state index in [0.29, 0.717) is 6.54 Å². The van der Waals surface area contributed by atoms with Gasteiger partial charge in [-0.05, 0) is 52.7 Å². The molecule has 0 aliphatic carbocycles. The summed E-state index contributed by atoms with van der Waals surface area (Å²) in [4.78, 5) is 25.8. The summed E-state index contributed by atoms with van der Waals surface area (Å²) in [5, 5.41) is 2.86. The van der Waals surface area contributed by atoms with Gasteiger partial charge in [-0.15, -0.1) is 0 Å². The summed E-state index contributed by atoms with van der Waals surface area (Å²) in [5.74, 6) is 0.370. The fourth-order valence-corrected chi connectivity index (χ4v) is 2.26. The van der Waals surface area contributed by atoms with Crippen molar-refractivity contribution in [2.75, 3.05) is 19.7 Å². The number of hydrogen-bond donors (Lipinski definition) is 1. The first-order valence-corrected chi connectivity index (χ1v) is 7.92. The highest BCUT2D eigenvalue weighted by Crippen LogP contribution is 2.22. The predicted molar refractivity (Wildman–Crippen MR) is 91.6 cm³/mol. The fourth-order valence-electron chi connectivity index (χ4n) is 2.26. The Kier molecular flexibility index (Phi) is 6.61. The number of benzene rings is 1. The summed E-state index contributed by atoms with van der Waals surface area (Å²) in [6.45, 7) is 11.9. The Morgan fingerprint density at radius 2 is 1.74 bits per heavy atom. The van der Waals surface area contributed by atoms with Gasteiger partial charge in [0.1, 0.15) is 5.75 Å². The molecule has 5 nitrogen and oxygen atoms in total. The van der Waals surface area contributed by atoms with E-state index in [1.807, 2.05) is 59.7 Å². The molecule has 1 aromatic carbocycles. The van der Waals surface area contributed by atoms with Gasteiger partial charge < -0.3 is 15.0 Å². The molecule has 0 spiro atoms. The number of rotatable bonds is 6. The Morgan fingerprint density at radius 3 is 2.22 bits per heavy atom. The topological polar surface area (TPSA) is 58.6 Å². The van der Waals surface area contributed by atoms with Crippen molar-refractivity contribution >= 4 is 11.8 Å². The monoisotopic (exact) mass is 320 g/mol. The highest BCUT2D eigenvalue weighted by Gasteiger charge is 2.20. The minimum atomic E-state index is -0.311. The van der Waals surface area contributed by atoms with Crippen LogP contribution in [0.4, 0.5) is 0 Å². The average Bonchev–Trinajstić information content (AvgIpc) is 2.42. The van der Waals surface area contributed by atoms with Crippen LogP contribution in [0, 0.1) is 13.8 Å². The van der Waals surface area contributed by atoms with E-state index < -0.39 is 0 Å². The van der Waals surface area contributed by atoms with Crippen LogP contribution in [0.2, 0.25) is 0 Å².